The first-order valence-electron chi connectivity index (χ1n) is 10.6. The number of carbonyl (C=O) groups excluding carboxylic acids is 2. The number of anilines is 1. The van der Waals surface area contributed by atoms with Crippen molar-refractivity contribution in [2.75, 3.05) is 5.32 Å². The maximum absolute atomic E-state index is 13.1. The number of fused-ring (bicyclic) bond motifs is 1. The highest BCUT2D eigenvalue weighted by atomic mass is 32.2. The maximum atomic E-state index is 13.1. The van der Waals surface area contributed by atoms with E-state index in [0.717, 1.165) is 28.3 Å². The van der Waals surface area contributed by atoms with Gasteiger partial charge >= 0.3 is 0 Å². The number of nitrogens with zero attached hydrogens (tertiary/aromatic N) is 2. The van der Waals surface area contributed by atoms with Crippen molar-refractivity contribution in [3.63, 3.8) is 0 Å². The Balaban J connectivity index is 1.32. The number of amides is 2. The Morgan fingerprint density at radius 3 is 2.45 bits per heavy atom. The number of hydrogen-bond acceptors (Lipinski definition) is 4. The largest absolute Gasteiger partial charge is 0.348 e. The van der Waals surface area contributed by atoms with Crippen LogP contribution in [0.2, 0.25) is 0 Å². The molecule has 1 aliphatic heterocycles. The highest BCUT2D eigenvalue weighted by Crippen LogP contribution is 2.43. The quantitative estimate of drug-likeness (QED) is 0.436. The molecule has 1 unspecified atom stereocenters. The summed E-state index contributed by atoms with van der Waals surface area (Å²) in [5.41, 5.74) is 4.63. The fourth-order valence-electron chi connectivity index (χ4n) is 3.93. The second-order valence-electron chi connectivity index (χ2n) is 7.70. The van der Waals surface area contributed by atoms with E-state index < -0.39 is 0 Å². The van der Waals surface area contributed by atoms with Crippen LogP contribution < -0.4 is 10.6 Å². The van der Waals surface area contributed by atoms with Crippen LogP contribution in [0.4, 0.5) is 5.69 Å². The molecule has 2 N–H and O–H groups in total. The van der Waals surface area contributed by atoms with Gasteiger partial charge in [0.05, 0.1) is 22.5 Å². The second kappa shape index (κ2) is 9.34. The second-order valence-corrected chi connectivity index (χ2v) is 8.77. The summed E-state index contributed by atoms with van der Waals surface area (Å²) in [4.78, 5) is 30.2. The lowest BCUT2D eigenvalue weighted by atomic mass is 10.1. The fraction of sp³-hybridized carbons (Fsp3) is 0.115. The van der Waals surface area contributed by atoms with Gasteiger partial charge in [0.1, 0.15) is 5.37 Å². The Hall–Kier alpha value is -3.84. The molecular formula is C26H22N4O2S. The molecule has 0 bridgehead atoms. The fourth-order valence-corrected chi connectivity index (χ4v) is 5.24. The lowest BCUT2D eigenvalue weighted by molar-refractivity contribution is 0.0938. The molecule has 164 valence electrons. The predicted molar refractivity (Wildman–Crippen MR) is 130 cm³/mol. The minimum atomic E-state index is -0.302. The van der Waals surface area contributed by atoms with Crippen LogP contribution in [-0.2, 0) is 12.3 Å². The summed E-state index contributed by atoms with van der Waals surface area (Å²) in [6.45, 7) is 0.398. The van der Waals surface area contributed by atoms with Crippen LogP contribution in [0.15, 0.2) is 91.4 Å². The third kappa shape index (κ3) is 4.40. The van der Waals surface area contributed by atoms with E-state index >= 15 is 0 Å². The standard InChI is InChI=1S/C26H22N4O2S/c31-24(28-15-18-7-2-1-3-8-18)20-10-4-5-11-21(20)25(32)29-22-12-14-30-23(22)17-33-26(30)19-9-6-13-27-16-19/h1-14,16,26H,15,17H2,(H,28,31)(H,29,32). The van der Waals surface area contributed by atoms with Gasteiger partial charge in [0.15, 0.2) is 0 Å². The molecule has 0 aliphatic carbocycles. The maximum Gasteiger partial charge on any atom is 0.256 e. The number of nitrogens with one attached hydrogen (secondary N) is 2. The zero-order valence-corrected chi connectivity index (χ0v) is 18.6. The first-order chi connectivity index (χ1) is 16.2. The van der Waals surface area contributed by atoms with Gasteiger partial charge in [-0.2, -0.15) is 0 Å². The SMILES string of the molecule is O=C(NCc1ccccc1)c1ccccc1C(=O)Nc1ccn2c1CSC2c1cccnc1. The third-order valence-corrected chi connectivity index (χ3v) is 6.84. The van der Waals surface area contributed by atoms with Crippen LogP contribution in [0.3, 0.4) is 0 Å². The molecule has 1 atom stereocenters. The van der Waals surface area contributed by atoms with Crippen molar-refractivity contribution in [2.45, 2.75) is 17.7 Å². The smallest absolute Gasteiger partial charge is 0.256 e. The zero-order chi connectivity index (χ0) is 22.6. The van der Waals surface area contributed by atoms with Crippen molar-refractivity contribution in [3.8, 4) is 0 Å². The molecule has 5 rings (SSSR count). The number of benzene rings is 2. The van der Waals surface area contributed by atoms with Crippen LogP contribution in [0.5, 0.6) is 0 Å². The van der Waals surface area contributed by atoms with E-state index in [9.17, 15) is 9.59 Å². The van der Waals surface area contributed by atoms with Crippen molar-refractivity contribution < 1.29 is 9.59 Å². The summed E-state index contributed by atoms with van der Waals surface area (Å²) in [6, 6.07) is 22.5. The highest BCUT2D eigenvalue weighted by molar-refractivity contribution is 7.99. The summed E-state index contributed by atoms with van der Waals surface area (Å²) >= 11 is 1.79. The Morgan fingerprint density at radius 2 is 1.70 bits per heavy atom. The summed E-state index contributed by atoms with van der Waals surface area (Å²) in [5.74, 6) is 0.199. The number of carbonyl (C=O) groups is 2. The molecule has 0 spiro atoms. The van der Waals surface area contributed by atoms with Crippen LogP contribution in [0.25, 0.3) is 0 Å². The van der Waals surface area contributed by atoms with E-state index in [-0.39, 0.29) is 17.2 Å². The number of hydrogen-bond donors (Lipinski definition) is 2. The molecule has 2 aromatic heterocycles. The van der Waals surface area contributed by atoms with Crippen molar-refractivity contribution in [1.29, 1.82) is 0 Å². The molecule has 2 aromatic carbocycles. The Morgan fingerprint density at radius 1 is 0.939 bits per heavy atom. The highest BCUT2D eigenvalue weighted by Gasteiger charge is 2.27. The van der Waals surface area contributed by atoms with E-state index in [4.69, 9.17) is 0 Å². The molecule has 6 nitrogen and oxygen atoms in total. The van der Waals surface area contributed by atoms with E-state index in [2.05, 4.69) is 26.3 Å². The first-order valence-corrected chi connectivity index (χ1v) is 11.7. The molecule has 7 heteroatoms. The van der Waals surface area contributed by atoms with Crippen molar-refractivity contribution in [2.24, 2.45) is 0 Å². The summed E-state index contributed by atoms with van der Waals surface area (Å²) in [6.07, 6.45) is 5.62. The summed E-state index contributed by atoms with van der Waals surface area (Å²) < 4.78 is 2.16. The van der Waals surface area contributed by atoms with Crippen LogP contribution in [0.1, 0.15) is 42.9 Å². The molecular weight excluding hydrogens is 432 g/mol. The van der Waals surface area contributed by atoms with Crippen molar-refractivity contribution >= 4 is 29.3 Å². The van der Waals surface area contributed by atoms with Gasteiger partial charge in [0, 0.05) is 36.5 Å². The molecule has 33 heavy (non-hydrogen) atoms. The molecule has 1 aliphatic rings. The van der Waals surface area contributed by atoms with Crippen LogP contribution in [-0.4, -0.2) is 21.4 Å². The average molecular weight is 455 g/mol. The van der Waals surface area contributed by atoms with E-state index in [1.807, 2.05) is 54.9 Å². The average Bonchev–Trinajstić information content (AvgIpc) is 3.47. The van der Waals surface area contributed by atoms with Gasteiger partial charge < -0.3 is 15.2 Å². The zero-order valence-electron chi connectivity index (χ0n) is 17.8. The minimum absolute atomic E-state index is 0.135. The molecule has 2 amide bonds. The van der Waals surface area contributed by atoms with Crippen LogP contribution >= 0.6 is 11.8 Å². The first kappa shape index (κ1) is 21.0. The molecule has 3 heterocycles. The lowest BCUT2D eigenvalue weighted by Gasteiger charge is -2.12. The van der Waals surface area contributed by atoms with Gasteiger partial charge in [0.2, 0.25) is 0 Å². The molecule has 4 aromatic rings. The monoisotopic (exact) mass is 454 g/mol. The van der Waals surface area contributed by atoms with E-state index in [1.165, 1.54) is 0 Å². The van der Waals surface area contributed by atoms with Gasteiger partial charge in [-0.25, -0.2) is 0 Å². The molecule has 0 saturated heterocycles. The topological polar surface area (TPSA) is 76.0 Å². The number of aromatic nitrogens is 2. The van der Waals surface area contributed by atoms with Gasteiger partial charge in [-0.3, -0.25) is 14.6 Å². The Bertz CT molecular complexity index is 1290. The molecule has 0 saturated carbocycles. The van der Waals surface area contributed by atoms with Gasteiger partial charge in [-0.05, 0) is 29.8 Å². The number of rotatable bonds is 6. The van der Waals surface area contributed by atoms with Crippen molar-refractivity contribution in [3.05, 3.63) is 119 Å². The Kier molecular flexibility index (Phi) is 5.95. The molecule has 0 fully saturated rings. The predicted octanol–water partition coefficient (Wildman–Crippen LogP) is 4.86. The normalized spacial score (nSPS) is 14.5. The van der Waals surface area contributed by atoms with E-state index in [0.29, 0.717) is 17.7 Å². The summed E-state index contributed by atoms with van der Waals surface area (Å²) in [5, 5.41) is 6.05. The van der Waals surface area contributed by atoms with Gasteiger partial charge in [-0.15, -0.1) is 11.8 Å². The minimum Gasteiger partial charge on any atom is -0.348 e. The number of thioether (sulfide) groups is 1. The number of pyridine rings is 1. The van der Waals surface area contributed by atoms with Crippen LogP contribution in [0, 0.1) is 0 Å². The van der Waals surface area contributed by atoms with E-state index in [1.54, 1.807) is 42.2 Å². The summed E-state index contributed by atoms with van der Waals surface area (Å²) in [7, 11) is 0. The molecule has 0 radical (unpaired) electrons. The Labute approximate surface area is 196 Å². The van der Waals surface area contributed by atoms with Gasteiger partial charge in [-0.1, -0.05) is 48.5 Å². The third-order valence-electron chi connectivity index (χ3n) is 5.58. The lowest BCUT2D eigenvalue weighted by Crippen LogP contribution is -2.26. The van der Waals surface area contributed by atoms with Crippen molar-refractivity contribution in [1.82, 2.24) is 14.9 Å². The van der Waals surface area contributed by atoms with Gasteiger partial charge in [0.25, 0.3) is 11.8 Å².